The van der Waals surface area contributed by atoms with E-state index < -0.39 is 21.0 Å². The summed E-state index contributed by atoms with van der Waals surface area (Å²) in [5.74, 6) is -0.404. The minimum atomic E-state index is -3.50. The highest BCUT2D eigenvalue weighted by molar-refractivity contribution is 7.92. The van der Waals surface area contributed by atoms with Crippen LogP contribution in [-0.4, -0.2) is 106 Å². The van der Waals surface area contributed by atoms with Crippen molar-refractivity contribution >= 4 is 37.9 Å². The lowest BCUT2D eigenvalue weighted by atomic mass is 10.1. The molecule has 4 heterocycles. The lowest BCUT2D eigenvalue weighted by Gasteiger charge is -2.25. The average Bonchev–Trinajstić information content (AvgIpc) is 3.62. The number of sulfone groups is 1. The van der Waals surface area contributed by atoms with Gasteiger partial charge in [0.15, 0.2) is 20.7 Å². The molecule has 1 aromatic heterocycles. The van der Waals surface area contributed by atoms with E-state index in [9.17, 15) is 13.2 Å². The summed E-state index contributed by atoms with van der Waals surface area (Å²) in [6.07, 6.45) is 2.26. The number of amides is 1. The zero-order valence-electron chi connectivity index (χ0n) is 20.5. The van der Waals surface area contributed by atoms with E-state index in [2.05, 4.69) is 20.3 Å². The Balaban J connectivity index is 1.33. The van der Waals surface area contributed by atoms with Gasteiger partial charge < -0.3 is 14.2 Å². The second kappa shape index (κ2) is 12.0. The summed E-state index contributed by atoms with van der Waals surface area (Å²) in [4.78, 5) is 21.3. The summed E-state index contributed by atoms with van der Waals surface area (Å²) in [6.45, 7) is 6.76. The van der Waals surface area contributed by atoms with Crippen molar-refractivity contribution in [1.29, 1.82) is 0 Å². The smallest absolute Gasteiger partial charge is 0.278 e. The van der Waals surface area contributed by atoms with Crippen LogP contribution in [0.1, 0.15) is 16.9 Å². The van der Waals surface area contributed by atoms with Crippen molar-refractivity contribution in [1.82, 2.24) is 14.9 Å². The van der Waals surface area contributed by atoms with E-state index >= 15 is 0 Å². The van der Waals surface area contributed by atoms with Gasteiger partial charge in [-0.05, 0) is 18.6 Å². The van der Waals surface area contributed by atoms with Gasteiger partial charge in [-0.1, -0.05) is 12.1 Å². The Morgan fingerprint density at radius 3 is 2.41 bits per heavy atom. The molecule has 1 atom stereocenters. The van der Waals surface area contributed by atoms with Crippen LogP contribution in [-0.2, 0) is 35.4 Å². The summed E-state index contributed by atoms with van der Waals surface area (Å²) in [7, 11) is -3.50. The molecule has 3 saturated heterocycles. The van der Waals surface area contributed by atoms with Crippen LogP contribution in [0.2, 0.25) is 0 Å². The number of anilines is 1. The quantitative estimate of drug-likeness (QED) is 0.484. The van der Waals surface area contributed by atoms with Crippen molar-refractivity contribution in [2.75, 3.05) is 71.1 Å². The number of thiazole rings is 1. The van der Waals surface area contributed by atoms with Gasteiger partial charge in [-0.2, -0.15) is 5.10 Å². The van der Waals surface area contributed by atoms with Crippen LogP contribution in [0.4, 0.5) is 5.13 Å². The molecule has 3 fully saturated rings. The maximum Gasteiger partial charge on any atom is 0.278 e. The molecular weight excluding hydrogens is 518 g/mol. The fourth-order valence-electron chi connectivity index (χ4n) is 4.36. The minimum Gasteiger partial charge on any atom is -0.380 e. The molecule has 0 spiro atoms. The van der Waals surface area contributed by atoms with Crippen molar-refractivity contribution in [3.63, 3.8) is 0 Å². The highest BCUT2D eigenvalue weighted by atomic mass is 32.2. The summed E-state index contributed by atoms with van der Waals surface area (Å²) in [6, 6.07) is 6.34. The number of carbonyl (C=O) groups excluding carboxylic acids is 1. The van der Waals surface area contributed by atoms with Gasteiger partial charge in [0.1, 0.15) is 0 Å². The van der Waals surface area contributed by atoms with E-state index in [0.717, 1.165) is 37.7 Å². The van der Waals surface area contributed by atoms with Gasteiger partial charge in [-0.25, -0.2) is 13.4 Å². The maximum absolute atomic E-state index is 13.4. The van der Waals surface area contributed by atoms with Gasteiger partial charge in [0.2, 0.25) is 0 Å². The normalized spacial score (nSPS) is 21.8. The number of nitrogens with one attached hydrogen (secondary N) is 1. The van der Waals surface area contributed by atoms with Crippen LogP contribution < -0.4 is 5.32 Å². The fraction of sp³-hybridized carbons (Fsp3) is 0.542. The number of aromatic nitrogens is 1. The Labute approximate surface area is 220 Å². The number of carbonyl (C=O) groups is 1. The molecule has 0 bridgehead atoms. The first-order chi connectivity index (χ1) is 18.0. The molecule has 11 nitrogen and oxygen atoms in total. The molecule has 2 aromatic rings. The van der Waals surface area contributed by atoms with Crippen LogP contribution >= 0.6 is 11.3 Å². The largest absolute Gasteiger partial charge is 0.380 e. The Morgan fingerprint density at radius 2 is 1.73 bits per heavy atom. The molecule has 1 amide bonds. The molecule has 1 N–H and O–H groups in total. The molecule has 200 valence electrons. The van der Waals surface area contributed by atoms with Crippen molar-refractivity contribution in [2.45, 2.75) is 23.1 Å². The minimum absolute atomic E-state index is 0.194. The second-order valence-electron chi connectivity index (χ2n) is 9.04. The third-order valence-electron chi connectivity index (χ3n) is 6.48. The Morgan fingerprint density at radius 1 is 1.03 bits per heavy atom. The summed E-state index contributed by atoms with van der Waals surface area (Å²) < 4.78 is 41.9. The zero-order chi connectivity index (χ0) is 25.7. The van der Waals surface area contributed by atoms with E-state index in [1.165, 1.54) is 23.5 Å². The lowest BCUT2D eigenvalue weighted by Crippen LogP contribution is -2.35. The second-order valence-corrected chi connectivity index (χ2v) is 12.4. The van der Waals surface area contributed by atoms with Crippen molar-refractivity contribution in [2.24, 2.45) is 5.10 Å². The Bertz CT molecular complexity index is 1200. The SMILES string of the molecule is O=C(Nc1ncc(CN2CCOCC2)s1)/C(=N/N1CCOCC1)c1ccc(S(=O)(=O)[C@H]2CCOC2)cc1. The van der Waals surface area contributed by atoms with Gasteiger partial charge in [0.05, 0.1) is 56.3 Å². The zero-order valence-corrected chi connectivity index (χ0v) is 22.1. The number of hydrogen-bond acceptors (Lipinski definition) is 11. The predicted molar refractivity (Wildman–Crippen MR) is 139 cm³/mol. The number of benzene rings is 1. The van der Waals surface area contributed by atoms with E-state index in [4.69, 9.17) is 14.2 Å². The third kappa shape index (κ3) is 6.54. The van der Waals surface area contributed by atoms with Gasteiger partial charge in [0, 0.05) is 42.9 Å². The van der Waals surface area contributed by atoms with E-state index in [0.29, 0.717) is 50.0 Å². The van der Waals surface area contributed by atoms with E-state index in [1.807, 2.05) is 0 Å². The first-order valence-electron chi connectivity index (χ1n) is 12.4. The van der Waals surface area contributed by atoms with Crippen LogP contribution in [0.3, 0.4) is 0 Å². The number of nitrogens with zero attached hydrogens (tertiary/aromatic N) is 4. The van der Waals surface area contributed by atoms with Gasteiger partial charge >= 0.3 is 0 Å². The number of morpholine rings is 2. The molecule has 3 aliphatic heterocycles. The van der Waals surface area contributed by atoms with E-state index in [1.54, 1.807) is 23.3 Å². The van der Waals surface area contributed by atoms with Crippen LogP contribution in [0.15, 0.2) is 40.5 Å². The topological polar surface area (TPSA) is 123 Å². The highest BCUT2D eigenvalue weighted by Crippen LogP contribution is 2.24. The molecule has 1 aromatic carbocycles. The maximum atomic E-state index is 13.4. The fourth-order valence-corrected chi connectivity index (χ4v) is 6.79. The molecule has 3 aliphatic rings. The summed E-state index contributed by atoms with van der Waals surface area (Å²) >= 11 is 1.43. The molecule has 0 unspecified atom stereocenters. The summed E-state index contributed by atoms with van der Waals surface area (Å²) in [5.41, 5.74) is 0.718. The van der Waals surface area contributed by atoms with Gasteiger partial charge in [-0.3, -0.25) is 20.0 Å². The predicted octanol–water partition coefficient (Wildman–Crippen LogP) is 1.21. The molecular formula is C24H31N5O6S2. The Kier molecular flexibility index (Phi) is 8.47. The first kappa shape index (κ1) is 26.2. The van der Waals surface area contributed by atoms with Crippen molar-refractivity contribution in [3.8, 4) is 0 Å². The Hall–Kier alpha value is -2.42. The van der Waals surface area contributed by atoms with Crippen molar-refractivity contribution < 1.29 is 27.4 Å². The lowest BCUT2D eigenvalue weighted by molar-refractivity contribution is -0.110. The van der Waals surface area contributed by atoms with E-state index in [-0.39, 0.29) is 17.2 Å². The number of rotatable bonds is 8. The average molecular weight is 550 g/mol. The van der Waals surface area contributed by atoms with Crippen LogP contribution in [0.25, 0.3) is 0 Å². The van der Waals surface area contributed by atoms with Crippen LogP contribution in [0, 0.1) is 0 Å². The molecule has 13 heteroatoms. The van der Waals surface area contributed by atoms with Crippen molar-refractivity contribution in [3.05, 3.63) is 40.9 Å². The first-order valence-corrected chi connectivity index (χ1v) is 14.7. The number of hydrazone groups is 1. The van der Waals surface area contributed by atoms with Gasteiger partial charge in [0.25, 0.3) is 5.91 Å². The molecule has 0 saturated carbocycles. The monoisotopic (exact) mass is 549 g/mol. The highest BCUT2D eigenvalue weighted by Gasteiger charge is 2.31. The molecule has 5 rings (SSSR count). The molecule has 0 aliphatic carbocycles. The molecule has 0 radical (unpaired) electrons. The third-order valence-corrected chi connectivity index (χ3v) is 9.56. The standard InChI is InChI=1S/C24H31N5O6S2/c30-23(26-24-25-15-19(36-24)16-28-6-11-33-12-7-28)22(27-29-8-13-34-14-9-29)18-1-3-20(4-2-18)37(31,32)21-5-10-35-17-21/h1-4,15,21H,5-14,16-17H2,(H,25,26,30)/b27-22+/t21-/m0/s1. The summed E-state index contributed by atoms with van der Waals surface area (Å²) in [5, 5.41) is 9.24. The van der Waals surface area contributed by atoms with Gasteiger partial charge in [-0.15, -0.1) is 11.3 Å². The number of hydrogen-bond donors (Lipinski definition) is 1. The van der Waals surface area contributed by atoms with Crippen LogP contribution in [0.5, 0.6) is 0 Å². The molecule has 37 heavy (non-hydrogen) atoms. The number of ether oxygens (including phenoxy) is 3.